The summed E-state index contributed by atoms with van der Waals surface area (Å²) in [6.07, 6.45) is 0.423. The van der Waals surface area contributed by atoms with Gasteiger partial charge in [-0.2, -0.15) is 5.10 Å². The number of methoxy groups -OCH3 is 1. The van der Waals surface area contributed by atoms with E-state index in [9.17, 15) is 9.59 Å². The predicted molar refractivity (Wildman–Crippen MR) is 112 cm³/mol. The highest BCUT2D eigenvalue weighted by Gasteiger charge is 2.13. The number of H-pyrrole nitrogens is 1. The highest BCUT2D eigenvalue weighted by molar-refractivity contribution is 7.99. The van der Waals surface area contributed by atoms with Crippen LogP contribution in [0.4, 0.5) is 17.2 Å². The molecular weight excluding hydrogens is 390 g/mol. The van der Waals surface area contributed by atoms with Gasteiger partial charge < -0.3 is 15.4 Å². The number of anilines is 3. The number of nitrogens with zero attached hydrogens (tertiary/aromatic N) is 2. The molecule has 0 bridgehead atoms. The second kappa shape index (κ2) is 9.24. The van der Waals surface area contributed by atoms with Gasteiger partial charge in [-0.1, -0.05) is 18.7 Å². The van der Waals surface area contributed by atoms with Crippen LogP contribution >= 0.6 is 11.8 Å². The number of carbonyl (C=O) groups excluding carboxylic acids is 2. The summed E-state index contributed by atoms with van der Waals surface area (Å²) in [6, 6.07) is 12.7. The van der Waals surface area contributed by atoms with Crippen LogP contribution in [0.2, 0.25) is 0 Å². The minimum atomic E-state index is -0.522. The highest BCUT2D eigenvalue weighted by atomic mass is 32.2. The molecule has 0 aliphatic carbocycles. The summed E-state index contributed by atoms with van der Waals surface area (Å²) in [5.41, 5.74) is 2.51. The van der Waals surface area contributed by atoms with E-state index in [4.69, 9.17) is 4.74 Å². The molecule has 29 heavy (non-hydrogen) atoms. The summed E-state index contributed by atoms with van der Waals surface area (Å²) in [6.45, 7) is 3.70. The van der Waals surface area contributed by atoms with Crippen LogP contribution in [0.15, 0.2) is 52.4 Å². The van der Waals surface area contributed by atoms with Crippen LogP contribution in [0.25, 0.3) is 0 Å². The topological polar surface area (TPSA) is 109 Å². The lowest BCUT2D eigenvalue weighted by molar-refractivity contribution is -0.115. The molecule has 9 heteroatoms. The number of aromatic nitrogens is 3. The fourth-order valence-electron chi connectivity index (χ4n) is 2.45. The maximum absolute atomic E-state index is 12.0. The zero-order valence-corrected chi connectivity index (χ0v) is 17.1. The van der Waals surface area contributed by atoms with Crippen LogP contribution in [-0.2, 0) is 9.53 Å². The van der Waals surface area contributed by atoms with Gasteiger partial charge in [-0.05, 0) is 43.3 Å². The van der Waals surface area contributed by atoms with Crippen molar-refractivity contribution < 1.29 is 14.3 Å². The first-order chi connectivity index (χ1) is 14.0. The number of hydrogen-bond donors (Lipinski definition) is 3. The maximum Gasteiger partial charge on any atom is 0.356 e. The number of aryl methyl sites for hydroxylation is 1. The number of nitrogens with one attached hydrogen (secondary N) is 3. The molecule has 2 aromatic heterocycles. The Hall–Kier alpha value is -3.33. The lowest BCUT2D eigenvalue weighted by atomic mass is 10.3. The monoisotopic (exact) mass is 411 g/mol. The highest BCUT2D eigenvalue weighted by Crippen LogP contribution is 2.30. The van der Waals surface area contributed by atoms with Crippen molar-refractivity contribution in [2.75, 3.05) is 17.7 Å². The number of aromatic amines is 1. The smallest absolute Gasteiger partial charge is 0.356 e. The molecule has 3 N–H and O–H groups in total. The lowest BCUT2D eigenvalue weighted by Gasteiger charge is -2.09. The zero-order valence-electron chi connectivity index (χ0n) is 16.3. The molecule has 1 aromatic carbocycles. The number of pyridine rings is 1. The molecule has 3 rings (SSSR count). The van der Waals surface area contributed by atoms with E-state index >= 15 is 0 Å². The summed E-state index contributed by atoms with van der Waals surface area (Å²) in [5.74, 6) is 0.0741. The van der Waals surface area contributed by atoms with Gasteiger partial charge in [-0.15, -0.1) is 0 Å². The van der Waals surface area contributed by atoms with Gasteiger partial charge in [0.05, 0.1) is 7.11 Å². The molecule has 1 amide bonds. The Morgan fingerprint density at radius 2 is 1.90 bits per heavy atom. The molecular formula is C20H21N5O3S. The zero-order chi connectivity index (χ0) is 20.8. The molecule has 0 atom stereocenters. The molecule has 8 nitrogen and oxygen atoms in total. The molecule has 0 aliphatic rings. The Morgan fingerprint density at radius 1 is 1.14 bits per heavy atom. The first-order valence-electron chi connectivity index (χ1n) is 8.94. The molecule has 0 spiro atoms. The van der Waals surface area contributed by atoms with Crippen LogP contribution in [0.3, 0.4) is 0 Å². The van der Waals surface area contributed by atoms with E-state index in [1.807, 2.05) is 43.3 Å². The Kier molecular flexibility index (Phi) is 6.50. The number of ether oxygens (including phenoxy) is 1. The third kappa shape index (κ3) is 5.58. The molecule has 0 saturated carbocycles. The van der Waals surface area contributed by atoms with Gasteiger partial charge in [0, 0.05) is 34.5 Å². The average molecular weight is 411 g/mol. The van der Waals surface area contributed by atoms with Crippen molar-refractivity contribution in [1.29, 1.82) is 0 Å². The Bertz CT molecular complexity index is 1020. The van der Waals surface area contributed by atoms with Gasteiger partial charge in [-0.3, -0.25) is 9.89 Å². The molecule has 3 aromatic rings. The fourth-order valence-corrected chi connectivity index (χ4v) is 3.29. The van der Waals surface area contributed by atoms with Gasteiger partial charge in [0.25, 0.3) is 0 Å². The van der Waals surface area contributed by atoms with Crippen LogP contribution in [0.1, 0.15) is 29.5 Å². The van der Waals surface area contributed by atoms with Crippen molar-refractivity contribution in [2.24, 2.45) is 0 Å². The van der Waals surface area contributed by atoms with Crippen LogP contribution in [0, 0.1) is 6.92 Å². The summed E-state index contributed by atoms with van der Waals surface area (Å²) in [7, 11) is 1.32. The number of amides is 1. The number of benzene rings is 1. The Morgan fingerprint density at radius 3 is 2.52 bits per heavy atom. The summed E-state index contributed by atoms with van der Waals surface area (Å²) in [4.78, 5) is 28.8. The van der Waals surface area contributed by atoms with Crippen LogP contribution in [0.5, 0.6) is 0 Å². The molecule has 0 unspecified atom stereocenters. The normalized spacial score (nSPS) is 10.4. The van der Waals surface area contributed by atoms with Crippen molar-refractivity contribution in [3.63, 3.8) is 0 Å². The molecule has 0 saturated heterocycles. The Labute approximate surface area is 172 Å². The Balaban J connectivity index is 1.82. The minimum absolute atomic E-state index is 0.0397. The second-order valence-corrected chi connectivity index (χ2v) is 7.25. The standard InChI is InChI=1S/C20H21N5O3S/c1-4-18(26)22-13-5-7-15(8-6-13)29-19-11-14(10-16(23-19)20(27)28-3)21-17-9-12(2)24-25-17/h5-11H,4H2,1-3H3,(H,22,26)(H2,21,23,24,25). The van der Waals surface area contributed by atoms with Crippen molar-refractivity contribution in [1.82, 2.24) is 15.2 Å². The number of rotatable bonds is 7. The molecule has 0 fully saturated rings. The van der Waals surface area contributed by atoms with Crippen molar-refractivity contribution >= 4 is 40.8 Å². The first kappa shape index (κ1) is 20.4. The van der Waals surface area contributed by atoms with Gasteiger partial charge in [-0.25, -0.2) is 9.78 Å². The SMILES string of the molecule is CCC(=O)Nc1ccc(Sc2cc(Nc3cc(C)[nH]n3)cc(C(=O)OC)n2)cc1. The molecule has 150 valence electrons. The largest absolute Gasteiger partial charge is 0.464 e. The van der Waals surface area contributed by atoms with E-state index < -0.39 is 5.97 Å². The van der Waals surface area contributed by atoms with Gasteiger partial charge >= 0.3 is 5.97 Å². The van der Waals surface area contributed by atoms with E-state index in [2.05, 4.69) is 25.8 Å². The van der Waals surface area contributed by atoms with Gasteiger partial charge in [0.2, 0.25) is 5.91 Å². The van der Waals surface area contributed by atoms with Gasteiger partial charge in [0.15, 0.2) is 11.5 Å². The number of esters is 1. The molecule has 2 heterocycles. The van der Waals surface area contributed by atoms with E-state index in [0.29, 0.717) is 23.0 Å². The van der Waals surface area contributed by atoms with Crippen molar-refractivity contribution in [3.8, 4) is 0 Å². The quantitative estimate of drug-likeness (QED) is 0.501. The molecule has 0 radical (unpaired) electrons. The fraction of sp³-hybridized carbons (Fsp3) is 0.200. The maximum atomic E-state index is 12.0. The minimum Gasteiger partial charge on any atom is -0.464 e. The third-order valence-corrected chi connectivity index (χ3v) is 4.78. The first-order valence-corrected chi connectivity index (χ1v) is 9.75. The lowest BCUT2D eigenvalue weighted by Crippen LogP contribution is -2.09. The average Bonchev–Trinajstić information content (AvgIpc) is 3.13. The number of carbonyl (C=O) groups is 2. The van der Waals surface area contributed by atoms with Crippen molar-refractivity contribution in [2.45, 2.75) is 30.2 Å². The summed E-state index contributed by atoms with van der Waals surface area (Å²) < 4.78 is 4.81. The van der Waals surface area contributed by atoms with E-state index in [1.165, 1.54) is 18.9 Å². The number of hydrogen-bond acceptors (Lipinski definition) is 7. The third-order valence-electron chi connectivity index (χ3n) is 3.86. The summed E-state index contributed by atoms with van der Waals surface area (Å²) >= 11 is 1.39. The van der Waals surface area contributed by atoms with Crippen molar-refractivity contribution in [3.05, 3.63) is 53.9 Å². The van der Waals surface area contributed by atoms with E-state index in [1.54, 1.807) is 13.0 Å². The summed E-state index contributed by atoms with van der Waals surface area (Å²) in [5, 5.41) is 13.6. The van der Waals surface area contributed by atoms with Crippen LogP contribution in [-0.4, -0.2) is 34.2 Å². The van der Waals surface area contributed by atoms with Crippen LogP contribution < -0.4 is 10.6 Å². The van der Waals surface area contributed by atoms with E-state index in [-0.39, 0.29) is 11.6 Å². The molecule has 0 aliphatic heterocycles. The predicted octanol–water partition coefficient (Wildman–Crippen LogP) is 4.14. The van der Waals surface area contributed by atoms with E-state index in [0.717, 1.165) is 16.3 Å². The van der Waals surface area contributed by atoms with Gasteiger partial charge in [0.1, 0.15) is 5.03 Å². The second-order valence-electron chi connectivity index (χ2n) is 6.16.